The molecule has 0 fully saturated rings. The quantitative estimate of drug-likeness (QED) is 0.506. The Morgan fingerprint density at radius 3 is 2.20 bits per heavy atom. The van der Waals surface area contributed by atoms with Crippen molar-refractivity contribution in [2.75, 3.05) is 5.32 Å². The van der Waals surface area contributed by atoms with Crippen molar-refractivity contribution >= 4 is 34.4 Å². The Morgan fingerprint density at radius 2 is 1.60 bits per heavy atom. The number of hydrogen-bond donors (Lipinski definition) is 2. The fraction of sp³-hybridized carbons (Fsp3) is 0. The molecule has 0 radical (unpaired) electrons. The molecule has 2 aromatic rings. The molecule has 0 aliphatic rings. The van der Waals surface area contributed by atoms with E-state index in [-0.39, 0.29) is 22.2 Å². The summed E-state index contributed by atoms with van der Waals surface area (Å²) in [5, 5.41) is 2.66. The summed E-state index contributed by atoms with van der Waals surface area (Å²) < 4.78 is 27.1. The van der Waals surface area contributed by atoms with Gasteiger partial charge in [-0.05, 0) is 24.3 Å². The Balaban J connectivity index is 2.36. The van der Waals surface area contributed by atoms with E-state index >= 15 is 0 Å². The van der Waals surface area contributed by atoms with E-state index < -0.39 is 11.6 Å². The minimum atomic E-state index is -0.517. The molecule has 20 heavy (non-hydrogen) atoms. The van der Waals surface area contributed by atoms with E-state index in [1.165, 1.54) is 24.3 Å². The fourth-order valence-corrected chi connectivity index (χ4v) is 1.59. The second kappa shape index (κ2) is 6.21. The van der Waals surface area contributed by atoms with Crippen molar-refractivity contribution in [3.8, 4) is 0 Å². The number of nitrogens with zero attached hydrogens (tertiary/aromatic N) is 1. The van der Waals surface area contributed by atoms with Crippen LogP contribution in [0.25, 0.3) is 0 Å². The van der Waals surface area contributed by atoms with Crippen molar-refractivity contribution in [3.63, 3.8) is 0 Å². The van der Waals surface area contributed by atoms with Crippen LogP contribution in [0.15, 0.2) is 53.5 Å². The average molecular weight is 291 g/mol. The second-order valence-electron chi connectivity index (χ2n) is 3.88. The van der Waals surface area contributed by atoms with Crippen LogP contribution in [0.3, 0.4) is 0 Å². The van der Waals surface area contributed by atoms with E-state index in [4.69, 9.17) is 18.0 Å². The number of anilines is 1. The van der Waals surface area contributed by atoms with Crippen LogP contribution in [-0.2, 0) is 0 Å². The van der Waals surface area contributed by atoms with Gasteiger partial charge in [0.25, 0.3) is 0 Å². The lowest BCUT2D eigenvalue weighted by molar-refractivity contribution is 0.630. The van der Waals surface area contributed by atoms with Crippen LogP contribution in [-0.4, -0.2) is 10.8 Å². The van der Waals surface area contributed by atoms with Crippen molar-refractivity contribution in [2.24, 2.45) is 10.7 Å². The highest BCUT2D eigenvalue weighted by atomic mass is 32.1. The number of rotatable bonds is 2. The zero-order valence-electron chi connectivity index (χ0n) is 10.3. The summed E-state index contributed by atoms with van der Waals surface area (Å²) in [6, 6.07) is 11.9. The molecule has 0 aromatic heterocycles. The molecule has 2 rings (SSSR count). The van der Waals surface area contributed by atoms with Crippen LogP contribution >= 0.6 is 12.2 Å². The maximum atomic E-state index is 13.6. The zero-order chi connectivity index (χ0) is 14.5. The van der Waals surface area contributed by atoms with Crippen LogP contribution in [0.5, 0.6) is 0 Å². The van der Waals surface area contributed by atoms with E-state index in [1.54, 1.807) is 24.3 Å². The Kier molecular flexibility index (Phi) is 4.37. The number of thiocarbonyl (C=S) groups is 1. The highest BCUT2D eigenvalue weighted by Crippen LogP contribution is 2.18. The summed E-state index contributed by atoms with van der Waals surface area (Å²) in [7, 11) is 0. The summed E-state index contributed by atoms with van der Waals surface area (Å²) in [5.41, 5.74) is 5.76. The SMILES string of the molecule is NC(=S)C(=Nc1ccccc1F)Nc1ccccc1F. The number of para-hydroxylation sites is 2. The van der Waals surface area contributed by atoms with Gasteiger partial charge in [0.05, 0.1) is 5.69 Å². The number of benzene rings is 2. The van der Waals surface area contributed by atoms with Gasteiger partial charge in [-0.2, -0.15) is 0 Å². The molecule has 2 aromatic carbocycles. The zero-order valence-corrected chi connectivity index (χ0v) is 11.1. The third-order valence-corrected chi connectivity index (χ3v) is 2.64. The van der Waals surface area contributed by atoms with E-state index in [9.17, 15) is 8.78 Å². The van der Waals surface area contributed by atoms with E-state index in [0.717, 1.165) is 0 Å². The van der Waals surface area contributed by atoms with Crippen LogP contribution in [0.2, 0.25) is 0 Å². The number of nitrogens with two attached hydrogens (primary N) is 1. The molecule has 0 bridgehead atoms. The first kappa shape index (κ1) is 14.1. The summed E-state index contributed by atoms with van der Waals surface area (Å²) in [5.74, 6) is -0.975. The lowest BCUT2D eigenvalue weighted by atomic mass is 10.3. The molecule has 3 nitrogen and oxygen atoms in total. The predicted molar refractivity (Wildman–Crippen MR) is 80.3 cm³/mol. The molecule has 0 heterocycles. The molecule has 0 atom stereocenters. The summed E-state index contributed by atoms with van der Waals surface area (Å²) in [6.07, 6.45) is 0. The Bertz CT molecular complexity index is 671. The van der Waals surface area contributed by atoms with Crippen LogP contribution in [0, 0.1) is 11.6 Å². The van der Waals surface area contributed by atoms with Crippen molar-refractivity contribution in [3.05, 3.63) is 60.2 Å². The maximum absolute atomic E-state index is 13.6. The van der Waals surface area contributed by atoms with E-state index in [2.05, 4.69) is 10.3 Å². The predicted octanol–water partition coefficient (Wildman–Crippen LogP) is 3.39. The molecule has 0 aliphatic carbocycles. The van der Waals surface area contributed by atoms with Crippen molar-refractivity contribution in [1.29, 1.82) is 0 Å². The Morgan fingerprint density at radius 1 is 1.00 bits per heavy atom. The van der Waals surface area contributed by atoms with Gasteiger partial charge in [-0.1, -0.05) is 36.5 Å². The van der Waals surface area contributed by atoms with Gasteiger partial charge in [-0.3, -0.25) is 0 Å². The monoisotopic (exact) mass is 291 g/mol. The van der Waals surface area contributed by atoms with Crippen molar-refractivity contribution < 1.29 is 8.78 Å². The summed E-state index contributed by atoms with van der Waals surface area (Å²) in [4.78, 5) is 3.91. The van der Waals surface area contributed by atoms with Crippen LogP contribution < -0.4 is 11.1 Å². The molecule has 102 valence electrons. The topological polar surface area (TPSA) is 50.4 Å². The van der Waals surface area contributed by atoms with Crippen molar-refractivity contribution in [1.82, 2.24) is 0 Å². The number of hydrogen-bond acceptors (Lipinski definition) is 2. The molecule has 0 saturated heterocycles. The van der Waals surface area contributed by atoms with Crippen LogP contribution in [0.4, 0.5) is 20.2 Å². The smallest absolute Gasteiger partial charge is 0.165 e. The van der Waals surface area contributed by atoms with Gasteiger partial charge >= 0.3 is 0 Å². The third kappa shape index (κ3) is 3.36. The molecule has 0 saturated carbocycles. The van der Waals surface area contributed by atoms with E-state index in [0.29, 0.717) is 0 Å². The minimum Gasteiger partial charge on any atom is -0.387 e. The number of amidine groups is 1. The van der Waals surface area contributed by atoms with Gasteiger partial charge in [0.15, 0.2) is 5.84 Å². The second-order valence-corrected chi connectivity index (χ2v) is 4.32. The first-order valence-electron chi connectivity index (χ1n) is 5.72. The molecule has 3 N–H and O–H groups in total. The van der Waals surface area contributed by atoms with Gasteiger partial charge in [0.1, 0.15) is 22.3 Å². The number of aliphatic imine (C=N–C) groups is 1. The largest absolute Gasteiger partial charge is 0.387 e. The highest BCUT2D eigenvalue weighted by molar-refractivity contribution is 7.82. The normalized spacial score (nSPS) is 11.2. The first-order chi connectivity index (χ1) is 9.58. The first-order valence-corrected chi connectivity index (χ1v) is 6.13. The molecule has 6 heteroatoms. The van der Waals surface area contributed by atoms with Gasteiger partial charge in [0, 0.05) is 0 Å². The maximum Gasteiger partial charge on any atom is 0.165 e. The Labute approximate surface area is 120 Å². The van der Waals surface area contributed by atoms with Gasteiger partial charge in [0.2, 0.25) is 0 Å². The third-order valence-electron chi connectivity index (χ3n) is 2.45. The molecule has 0 unspecified atom stereocenters. The lowest BCUT2D eigenvalue weighted by Gasteiger charge is -2.09. The lowest BCUT2D eigenvalue weighted by Crippen LogP contribution is -2.28. The molecule has 0 aliphatic heterocycles. The molecular formula is C14H11F2N3S. The highest BCUT2D eigenvalue weighted by Gasteiger charge is 2.09. The van der Waals surface area contributed by atoms with E-state index in [1.807, 2.05) is 0 Å². The Hall–Kier alpha value is -2.34. The van der Waals surface area contributed by atoms with Gasteiger partial charge in [-0.25, -0.2) is 13.8 Å². The molecule has 0 amide bonds. The fourth-order valence-electron chi connectivity index (χ4n) is 1.50. The standard InChI is InChI=1S/C14H11F2N3S/c15-9-5-1-3-7-11(9)18-14(13(17)20)19-12-8-4-2-6-10(12)16/h1-8H,(H2,17,20)(H,18,19). The van der Waals surface area contributed by atoms with Gasteiger partial charge < -0.3 is 11.1 Å². The molecular weight excluding hydrogens is 280 g/mol. The summed E-state index contributed by atoms with van der Waals surface area (Å²) >= 11 is 4.84. The average Bonchev–Trinajstić information content (AvgIpc) is 2.42. The minimum absolute atomic E-state index is 0.0233. The number of nitrogens with one attached hydrogen (secondary N) is 1. The van der Waals surface area contributed by atoms with Gasteiger partial charge in [-0.15, -0.1) is 0 Å². The molecule has 0 spiro atoms. The number of halogens is 2. The van der Waals surface area contributed by atoms with Crippen molar-refractivity contribution in [2.45, 2.75) is 0 Å². The van der Waals surface area contributed by atoms with Crippen LogP contribution in [0.1, 0.15) is 0 Å². The summed E-state index contributed by atoms with van der Waals surface area (Å²) in [6.45, 7) is 0.